The van der Waals surface area contributed by atoms with Crippen molar-refractivity contribution in [2.24, 2.45) is 0 Å². The summed E-state index contributed by atoms with van der Waals surface area (Å²) in [7, 11) is 3.00. The van der Waals surface area contributed by atoms with Gasteiger partial charge in [0.15, 0.2) is 5.69 Å². The summed E-state index contributed by atoms with van der Waals surface area (Å²) in [5.41, 5.74) is -0.488. The van der Waals surface area contributed by atoms with Gasteiger partial charge in [-0.2, -0.15) is 13.2 Å². The van der Waals surface area contributed by atoms with E-state index in [2.05, 4.69) is 25.9 Å². The zero-order valence-electron chi connectivity index (χ0n) is 24.5. The van der Waals surface area contributed by atoms with E-state index in [0.717, 1.165) is 16.7 Å². The molecule has 0 saturated carbocycles. The molecule has 4 N–H and O–H groups in total. The number of hydrogen-bond donors (Lipinski definition) is 4. The van der Waals surface area contributed by atoms with Crippen LogP contribution in [-0.4, -0.2) is 78.7 Å². The van der Waals surface area contributed by atoms with Gasteiger partial charge < -0.3 is 29.8 Å². The number of pyridine rings is 2. The molecule has 0 fully saturated rings. The third kappa shape index (κ3) is 7.65. The first-order valence-electron chi connectivity index (χ1n) is 13.7. The van der Waals surface area contributed by atoms with Crippen LogP contribution in [0, 0.1) is 0 Å². The van der Waals surface area contributed by atoms with E-state index in [9.17, 15) is 32.7 Å². The number of ether oxygens (including phenoxy) is 2. The fourth-order valence-electron chi connectivity index (χ4n) is 4.62. The second kappa shape index (κ2) is 14.6. The number of benzene rings is 1. The monoisotopic (exact) mass is 648 g/mol. The van der Waals surface area contributed by atoms with Gasteiger partial charge in [-0.25, -0.2) is 14.8 Å². The van der Waals surface area contributed by atoms with Crippen molar-refractivity contribution in [3.63, 3.8) is 0 Å². The number of aromatic nitrogens is 3. The lowest BCUT2D eigenvalue weighted by Crippen LogP contribution is -2.33. The molecule has 0 aliphatic rings. The lowest BCUT2D eigenvalue weighted by Gasteiger charge is -2.23. The van der Waals surface area contributed by atoms with Gasteiger partial charge in [0, 0.05) is 61.6 Å². The van der Waals surface area contributed by atoms with Crippen molar-refractivity contribution in [1.82, 2.24) is 25.2 Å². The lowest BCUT2D eigenvalue weighted by atomic mass is 9.99. The molecular formula is C29H31F3N6O6S. The van der Waals surface area contributed by atoms with E-state index < -0.39 is 35.3 Å². The van der Waals surface area contributed by atoms with Crippen LogP contribution in [0.1, 0.15) is 29.0 Å². The number of nitrogens with zero attached hydrogens (tertiary/aromatic N) is 3. The van der Waals surface area contributed by atoms with Crippen LogP contribution >= 0.6 is 11.3 Å². The largest absolute Gasteiger partial charge is 0.434 e. The zero-order chi connectivity index (χ0) is 32.7. The van der Waals surface area contributed by atoms with Gasteiger partial charge in [-0.15, -0.1) is 11.3 Å². The summed E-state index contributed by atoms with van der Waals surface area (Å²) in [6.07, 6.45) is -1.91. The van der Waals surface area contributed by atoms with Gasteiger partial charge in [0.2, 0.25) is 5.43 Å². The zero-order valence-corrected chi connectivity index (χ0v) is 25.3. The van der Waals surface area contributed by atoms with Crippen LogP contribution in [-0.2, 0) is 15.7 Å². The van der Waals surface area contributed by atoms with Crippen molar-refractivity contribution < 1.29 is 37.3 Å². The van der Waals surface area contributed by atoms with Crippen molar-refractivity contribution in [2.45, 2.75) is 19.1 Å². The number of carbonyl (C=O) groups is 2. The standard InChI is InChI=1S/C29H31F3N6O6S/c1-4-33-28(42)37-24-10-18(27-36-23(15-45-27)29(30,31)32)20(11-35-24)16-5-6-22-19(9-16)25(40)21(26(41)34-7-8-39)12-38(22)17(13-43-2)14-44-3/h5-6,9-12,15,17,39H,4,7-8,13-14H2,1-3H3,(H,34,41)(H2,33,35,37,42). The van der Waals surface area contributed by atoms with Gasteiger partial charge in [0.05, 0.1) is 31.4 Å². The number of carbonyl (C=O) groups excluding carboxylic acids is 2. The number of rotatable bonds is 12. The van der Waals surface area contributed by atoms with Crippen molar-refractivity contribution in [2.75, 3.05) is 52.4 Å². The third-order valence-corrected chi connectivity index (χ3v) is 7.48. The highest BCUT2D eigenvalue weighted by Gasteiger charge is 2.34. The summed E-state index contributed by atoms with van der Waals surface area (Å²) in [6, 6.07) is 5.23. The normalized spacial score (nSPS) is 11.6. The van der Waals surface area contributed by atoms with E-state index in [1.807, 2.05) is 0 Å². The number of amides is 3. The van der Waals surface area contributed by atoms with Gasteiger partial charge in [-0.1, -0.05) is 6.07 Å². The minimum Gasteiger partial charge on any atom is -0.395 e. The Bertz CT molecular complexity index is 1740. The molecule has 3 heterocycles. The second-order valence-electron chi connectivity index (χ2n) is 9.69. The Morgan fingerprint density at radius 3 is 2.47 bits per heavy atom. The second-order valence-corrected chi connectivity index (χ2v) is 10.5. The molecule has 45 heavy (non-hydrogen) atoms. The van der Waals surface area contributed by atoms with E-state index in [-0.39, 0.29) is 53.7 Å². The number of alkyl halides is 3. The van der Waals surface area contributed by atoms with Crippen LogP contribution in [0.4, 0.5) is 23.8 Å². The smallest absolute Gasteiger partial charge is 0.395 e. The Labute approximate surface area is 259 Å². The van der Waals surface area contributed by atoms with Crippen molar-refractivity contribution in [1.29, 1.82) is 0 Å². The van der Waals surface area contributed by atoms with E-state index >= 15 is 0 Å². The molecule has 3 amide bonds. The molecule has 0 aliphatic heterocycles. The van der Waals surface area contributed by atoms with Gasteiger partial charge in [-0.05, 0) is 30.7 Å². The van der Waals surface area contributed by atoms with Gasteiger partial charge in [0.1, 0.15) is 16.4 Å². The number of halogens is 3. The number of aliphatic hydroxyl groups excluding tert-OH is 1. The molecule has 0 atom stereocenters. The molecule has 12 nitrogen and oxygen atoms in total. The van der Waals surface area contributed by atoms with Crippen LogP contribution in [0.3, 0.4) is 0 Å². The lowest BCUT2D eigenvalue weighted by molar-refractivity contribution is -0.140. The first-order chi connectivity index (χ1) is 21.5. The molecule has 4 rings (SSSR count). The van der Waals surface area contributed by atoms with Crippen molar-refractivity contribution in [3.05, 3.63) is 63.5 Å². The van der Waals surface area contributed by atoms with Gasteiger partial charge >= 0.3 is 12.2 Å². The summed E-state index contributed by atoms with van der Waals surface area (Å²) < 4.78 is 52.8. The number of fused-ring (bicyclic) bond motifs is 1. The molecule has 0 saturated heterocycles. The summed E-state index contributed by atoms with van der Waals surface area (Å²) in [5, 5.41) is 17.8. The van der Waals surface area contributed by atoms with Crippen LogP contribution in [0.5, 0.6) is 0 Å². The molecule has 1 aromatic carbocycles. The maximum Gasteiger partial charge on any atom is 0.434 e. The minimum absolute atomic E-state index is 0.00793. The van der Waals surface area contributed by atoms with Crippen molar-refractivity contribution >= 4 is 40.0 Å². The Balaban J connectivity index is 1.95. The number of nitrogens with one attached hydrogen (secondary N) is 3. The molecular weight excluding hydrogens is 617 g/mol. The van der Waals surface area contributed by atoms with Crippen LogP contribution in [0.15, 0.2) is 46.8 Å². The highest BCUT2D eigenvalue weighted by Crippen LogP contribution is 2.39. The van der Waals surface area contributed by atoms with Gasteiger partial charge in [-0.3, -0.25) is 14.9 Å². The predicted octanol–water partition coefficient (Wildman–Crippen LogP) is 3.90. The maximum atomic E-state index is 13.7. The van der Waals surface area contributed by atoms with E-state index in [1.165, 1.54) is 38.7 Å². The Morgan fingerprint density at radius 2 is 1.84 bits per heavy atom. The van der Waals surface area contributed by atoms with E-state index in [1.54, 1.807) is 23.6 Å². The van der Waals surface area contributed by atoms with Crippen LogP contribution < -0.4 is 21.4 Å². The fraction of sp³-hybridized carbons (Fsp3) is 0.345. The number of methoxy groups -OCH3 is 2. The van der Waals surface area contributed by atoms with E-state index in [4.69, 9.17) is 9.47 Å². The molecule has 16 heteroatoms. The number of hydrogen-bond acceptors (Lipinski definition) is 9. The maximum absolute atomic E-state index is 13.7. The molecule has 0 aliphatic carbocycles. The first kappa shape index (κ1) is 33.5. The topological polar surface area (TPSA) is 157 Å². The Kier molecular flexibility index (Phi) is 10.9. The molecule has 0 radical (unpaired) electrons. The quantitative estimate of drug-likeness (QED) is 0.180. The van der Waals surface area contributed by atoms with Crippen molar-refractivity contribution in [3.8, 4) is 21.7 Å². The average molecular weight is 649 g/mol. The molecule has 0 spiro atoms. The summed E-state index contributed by atoms with van der Waals surface area (Å²) in [5.74, 6) is -0.634. The number of aliphatic hydroxyl groups is 1. The fourth-order valence-corrected chi connectivity index (χ4v) is 5.48. The third-order valence-electron chi connectivity index (χ3n) is 6.60. The number of thiazole rings is 1. The molecule has 3 aromatic heterocycles. The highest BCUT2D eigenvalue weighted by molar-refractivity contribution is 7.13. The summed E-state index contributed by atoms with van der Waals surface area (Å²) >= 11 is 0.760. The predicted molar refractivity (Wildman–Crippen MR) is 162 cm³/mol. The molecule has 240 valence electrons. The van der Waals surface area contributed by atoms with E-state index in [0.29, 0.717) is 23.2 Å². The Morgan fingerprint density at radius 1 is 1.11 bits per heavy atom. The highest BCUT2D eigenvalue weighted by atomic mass is 32.1. The molecule has 0 unspecified atom stereocenters. The van der Waals surface area contributed by atoms with Crippen LogP contribution in [0.25, 0.3) is 32.6 Å². The van der Waals surface area contributed by atoms with Gasteiger partial charge in [0.25, 0.3) is 5.91 Å². The minimum atomic E-state index is -4.67. The average Bonchev–Trinajstić information content (AvgIpc) is 3.51. The summed E-state index contributed by atoms with van der Waals surface area (Å²) in [6.45, 7) is 2.02. The van der Waals surface area contributed by atoms with Crippen LogP contribution in [0.2, 0.25) is 0 Å². The molecule has 4 aromatic rings. The molecule has 0 bridgehead atoms. The summed E-state index contributed by atoms with van der Waals surface area (Å²) in [4.78, 5) is 46.9. The number of anilines is 1. The Hall–Kier alpha value is -4.38. The first-order valence-corrected chi connectivity index (χ1v) is 14.5. The SMILES string of the molecule is CCNC(=O)Nc1cc(-c2nc(C(F)(F)F)cs2)c(-c2ccc3c(c2)c(=O)c(C(=O)NCCO)cn3C(COC)COC)cn1. The number of urea groups is 1.